The van der Waals surface area contributed by atoms with Gasteiger partial charge in [-0.3, -0.25) is 4.90 Å². The molecule has 3 fully saturated rings. The molecule has 1 spiro atoms. The van der Waals surface area contributed by atoms with E-state index in [0.717, 1.165) is 66.7 Å². The Balaban J connectivity index is 1.04. The first kappa shape index (κ1) is 26.4. The number of aromatic amines is 1. The molecule has 1 atom stereocenters. The molecule has 41 heavy (non-hydrogen) atoms. The fraction of sp³-hybridized carbons (Fsp3) is 0.394. The molecular weight excluding hydrogens is 536 g/mol. The second-order valence-corrected chi connectivity index (χ2v) is 12.5. The van der Waals surface area contributed by atoms with Crippen LogP contribution < -0.4 is 9.64 Å². The van der Waals surface area contributed by atoms with Crippen LogP contribution in [0.1, 0.15) is 60.5 Å². The summed E-state index contributed by atoms with van der Waals surface area (Å²) >= 11 is 6.22. The molecule has 8 heteroatoms. The predicted molar refractivity (Wildman–Crippen MR) is 161 cm³/mol. The van der Waals surface area contributed by atoms with Crippen LogP contribution in [0, 0.1) is 11.3 Å². The Morgan fingerprint density at radius 3 is 2.54 bits per heavy atom. The highest BCUT2D eigenvalue weighted by atomic mass is 35.5. The van der Waals surface area contributed by atoms with E-state index >= 15 is 0 Å². The minimum absolute atomic E-state index is 0.145. The van der Waals surface area contributed by atoms with Gasteiger partial charge in [-0.15, -0.1) is 0 Å². The first-order valence-corrected chi connectivity index (χ1v) is 15.1. The van der Waals surface area contributed by atoms with Gasteiger partial charge in [-0.2, -0.15) is 0 Å². The van der Waals surface area contributed by atoms with Gasteiger partial charge in [0.2, 0.25) is 0 Å². The van der Waals surface area contributed by atoms with E-state index in [0.29, 0.717) is 23.0 Å². The van der Waals surface area contributed by atoms with Gasteiger partial charge in [0.1, 0.15) is 22.7 Å². The van der Waals surface area contributed by atoms with Crippen molar-refractivity contribution in [2.75, 3.05) is 31.1 Å². The summed E-state index contributed by atoms with van der Waals surface area (Å²) in [5, 5.41) is 11.5. The molecule has 1 unspecified atom stereocenters. The lowest BCUT2D eigenvalue weighted by atomic mass is 9.70. The van der Waals surface area contributed by atoms with Crippen molar-refractivity contribution in [3.05, 3.63) is 83.1 Å². The maximum Gasteiger partial charge on any atom is 0.339 e. The summed E-state index contributed by atoms with van der Waals surface area (Å²) in [6, 6.07) is 18.2. The van der Waals surface area contributed by atoms with E-state index in [4.69, 9.17) is 16.3 Å². The van der Waals surface area contributed by atoms with Gasteiger partial charge in [-0.05, 0) is 79.0 Å². The fourth-order valence-electron chi connectivity index (χ4n) is 7.35. The van der Waals surface area contributed by atoms with Crippen LogP contribution in [0.5, 0.6) is 11.5 Å². The molecule has 7 nitrogen and oxygen atoms in total. The number of hydrogen-bond donors (Lipinski definition) is 2. The van der Waals surface area contributed by atoms with Crippen molar-refractivity contribution < 1.29 is 14.6 Å². The maximum atomic E-state index is 12.0. The lowest BCUT2D eigenvalue weighted by Crippen LogP contribution is -2.61. The number of carboxylic acid groups (broad SMARTS) is 1. The van der Waals surface area contributed by atoms with Crippen molar-refractivity contribution in [3.63, 3.8) is 0 Å². The number of nitrogens with zero attached hydrogens (tertiary/aromatic N) is 3. The van der Waals surface area contributed by atoms with E-state index in [1.54, 1.807) is 12.3 Å². The summed E-state index contributed by atoms with van der Waals surface area (Å²) in [7, 11) is 0. The number of ether oxygens (including phenoxy) is 1. The number of aromatic nitrogens is 2. The van der Waals surface area contributed by atoms with Crippen LogP contribution in [0.25, 0.3) is 11.0 Å². The summed E-state index contributed by atoms with van der Waals surface area (Å²) in [4.78, 5) is 24.5. The highest BCUT2D eigenvalue weighted by Crippen LogP contribution is 2.49. The Morgan fingerprint density at radius 2 is 1.80 bits per heavy atom. The third-order valence-electron chi connectivity index (χ3n) is 9.52. The number of fused-ring (bicyclic) bond motifs is 1. The van der Waals surface area contributed by atoms with Gasteiger partial charge in [0.05, 0.1) is 6.20 Å². The average Bonchev–Trinajstić information content (AvgIpc) is 3.66. The summed E-state index contributed by atoms with van der Waals surface area (Å²) in [6.07, 6.45) is 11.0. The second kappa shape index (κ2) is 10.7. The third-order valence-corrected chi connectivity index (χ3v) is 9.77. The zero-order valence-corrected chi connectivity index (χ0v) is 23.8. The van der Waals surface area contributed by atoms with Crippen molar-refractivity contribution in [2.24, 2.45) is 11.3 Å². The van der Waals surface area contributed by atoms with Gasteiger partial charge in [0, 0.05) is 60.6 Å². The number of hydrogen-bond acceptors (Lipinski definition) is 5. The van der Waals surface area contributed by atoms with E-state index in [1.165, 1.54) is 31.2 Å². The number of carboxylic acids is 1. The van der Waals surface area contributed by atoms with Gasteiger partial charge >= 0.3 is 5.97 Å². The fourth-order valence-corrected chi connectivity index (χ4v) is 7.48. The molecule has 212 valence electrons. The highest BCUT2D eigenvalue weighted by Gasteiger charge is 2.48. The lowest BCUT2D eigenvalue weighted by Gasteiger charge is -2.57. The molecule has 4 aromatic rings. The average molecular weight is 571 g/mol. The van der Waals surface area contributed by atoms with Crippen LogP contribution in [0.4, 0.5) is 5.69 Å². The van der Waals surface area contributed by atoms with Crippen molar-refractivity contribution in [3.8, 4) is 11.5 Å². The molecule has 0 amide bonds. The summed E-state index contributed by atoms with van der Waals surface area (Å²) in [5.41, 5.74) is 3.68. The van der Waals surface area contributed by atoms with Gasteiger partial charge in [0.15, 0.2) is 0 Å². The van der Waals surface area contributed by atoms with Crippen molar-refractivity contribution in [1.29, 1.82) is 0 Å². The van der Waals surface area contributed by atoms with Crippen LogP contribution in [0.15, 0.2) is 67.0 Å². The van der Waals surface area contributed by atoms with E-state index in [1.807, 2.05) is 42.6 Å². The monoisotopic (exact) mass is 570 g/mol. The largest absolute Gasteiger partial charge is 0.478 e. The summed E-state index contributed by atoms with van der Waals surface area (Å²) in [6.45, 7) is 4.19. The predicted octanol–water partition coefficient (Wildman–Crippen LogP) is 7.54. The van der Waals surface area contributed by atoms with Crippen LogP contribution in [0.2, 0.25) is 5.02 Å². The van der Waals surface area contributed by atoms with Gasteiger partial charge in [-0.1, -0.05) is 36.6 Å². The third kappa shape index (κ3) is 5.17. The minimum atomic E-state index is -1.01. The molecule has 2 saturated heterocycles. The Kier molecular flexibility index (Phi) is 6.87. The molecule has 2 aromatic carbocycles. The van der Waals surface area contributed by atoms with Crippen molar-refractivity contribution >= 4 is 34.3 Å². The van der Waals surface area contributed by atoms with Crippen LogP contribution >= 0.6 is 11.6 Å². The zero-order valence-electron chi connectivity index (χ0n) is 23.1. The van der Waals surface area contributed by atoms with Gasteiger partial charge < -0.3 is 19.7 Å². The molecule has 2 aromatic heterocycles. The smallest absolute Gasteiger partial charge is 0.339 e. The molecule has 1 saturated carbocycles. The first-order valence-electron chi connectivity index (χ1n) is 14.7. The normalized spacial score (nSPS) is 19.9. The number of benzene rings is 2. The van der Waals surface area contributed by atoms with E-state index in [9.17, 15) is 9.90 Å². The number of nitrogens with one attached hydrogen (secondary N) is 1. The van der Waals surface area contributed by atoms with Crippen LogP contribution in [-0.4, -0.2) is 52.1 Å². The molecule has 2 aliphatic heterocycles. The topological polar surface area (TPSA) is 81.7 Å². The number of likely N-dealkylation sites (tertiary alicyclic amines) is 1. The number of H-pyrrole nitrogens is 1. The highest BCUT2D eigenvalue weighted by molar-refractivity contribution is 6.30. The quantitative estimate of drug-likeness (QED) is 0.239. The summed E-state index contributed by atoms with van der Waals surface area (Å²) in [5.74, 6) is 0.574. The molecule has 3 aliphatic rings. The molecule has 7 rings (SSSR count). The standard InChI is InChI=1S/C33H35ClN4O3/c34-25-7-5-23(6-8-25)30(22-3-1-2-4-22)38-20-33(21-38)12-15-37(16-13-33)26-9-10-28(32(39)40)29(18-26)41-27-17-24-11-14-35-31(24)36-19-27/h5-11,14,17-19,22,30H,1-4,12-13,15-16,20-21H2,(H,35,36)(H,39,40). The van der Waals surface area contributed by atoms with E-state index < -0.39 is 5.97 Å². The number of aromatic carboxylic acids is 1. The van der Waals surface area contributed by atoms with E-state index in [-0.39, 0.29) is 5.56 Å². The number of pyridine rings is 1. The Morgan fingerprint density at radius 1 is 1.05 bits per heavy atom. The van der Waals surface area contributed by atoms with Crippen LogP contribution in [0.3, 0.4) is 0 Å². The Labute approximate surface area is 245 Å². The number of rotatable bonds is 7. The maximum absolute atomic E-state index is 12.0. The van der Waals surface area contributed by atoms with Gasteiger partial charge in [0.25, 0.3) is 0 Å². The van der Waals surface area contributed by atoms with Gasteiger partial charge in [-0.25, -0.2) is 9.78 Å². The molecule has 1 aliphatic carbocycles. The molecule has 2 N–H and O–H groups in total. The summed E-state index contributed by atoms with van der Waals surface area (Å²) < 4.78 is 6.09. The van der Waals surface area contributed by atoms with E-state index in [2.05, 4.69) is 31.9 Å². The SMILES string of the molecule is O=C(O)c1ccc(N2CCC3(CC2)CN(C(c2ccc(Cl)cc2)C2CCCC2)C3)cc1Oc1cnc2[nH]ccc2c1. The number of carbonyl (C=O) groups is 1. The zero-order chi connectivity index (χ0) is 28.0. The number of piperidine rings is 1. The Bertz CT molecular complexity index is 1550. The first-order chi connectivity index (χ1) is 20.0. The Hall–Kier alpha value is -3.55. The molecular formula is C33H35ClN4O3. The minimum Gasteiger partial charge on any atom is -0.478 e. The van der Waals surface area contributed by atoms with Crippen LogP contribution in [-0.2, 0) is 0 Å². The lowest BCUT2D eigenvalue weighted by molar-refractivity contribution is -0.0630. The number of halogens is 1. The molecule has 0 radical (unpaired) electrons. The van der Waals surface area contributed by atoms with Crippen molar-refractivity contribution in [1.82, 2.24) is 14.9 Å². The van der Waals surface area contributed by atoms with Crippen molar-refractivity contribution in [2.45, 2.75) is 44.6 Å². The second-order valence-electron chi connectivity index (χ2n) is 12.1. The number of anilines is 1. The molecule has 4 heterocycles. The molecule has 0 bridgehead atoms.